The van der Waals surface area contributed by atoms with Gasteiger partial charge in [-0.2, -0.15) is 0 Å². The number of carboxylic acid groups (broad SMARTS) is 1. The minimum absolute atomic E-state index is 0.0323. The van der Waals surface area contributed by atoms with Crippen molar-refractivity contribution in [3.63, 3.8) is 0 Å². The van der Waals surface area contributed by atoms with Gasteiger partial charge < -0.3 is 19.4 Å². The van der Waals surface area contributed by atoms with Crippen LogP contribution in [0.3, 0.4) is 0 Å². The molecule has 0 aliphatic rings. The molecular weight excluding hydrogens is 232 g/mol. The van der Waals surface area contributed by atoms with E-state index in [0.29, 0.717) is 6.08 Å². The van der Waals surface area contributed by atoms with E-state index in [9.17, 15) is 14.4 Å². The number of hydrogen-bond acceptors (Lipinski definition) is 6. The lowest BCUT2D eigenvalue weighted by Crippen LogP contribution is -2.05. The third-order valence-corrected chi connectivity index (χ3v) is 1.59. The monoisotopic (exact) mass is 240 g/mol. The van der Waals surface area contributed by atoms with Gasteiger partial charge >= 0.3 is 11.9 Å². The Hall–Kier alpha value is -2.57. The third kappa shape index (κ3) is 4.20. The molecule has 17 heavy (non-hydrogen) atoms. The van der Waals surface area contributed by atoms with Crippen LogP contribution in [0.1, 0.15) is 5.76 Å². The largest absolute Gasteiger partial charge is 0.502 e. The molecule has 1 aromatic rings. The number of aromatic hydroxyl groups is 1. The molecule has 0 aromatic carbocycles. The molecule has 0 radical (unpaired) electrons. The van der Waals surface area contributed by atoms with Crippen LogP contribution in [-0.4, -0.2) is 22.2 Å². The maximum Gasteiger partial charge on any atom is 0.331 e. The highest BCUT2D eigenvalue weighted by Crippen LogP contribution is 2.04. The summed E-state index contributed by atoms with van der Waals surface area (Å²) in [6.07, 6.45) is 2.16. The zero-order valence-electron chi connectivity index (χ0n) is 8.45. The Morgan fingerprint density at radius 3 is 2.71 bits per heavy atom. The number of ether oxygens (including phenoxy) is 1. The van der Waals surface area contributed by atoms with Gasteiger partial charge in [0.2, 0.25) is 5.43 Å². The van der Waals surface area contributed by atoms with E-state index in [-0.39, 0.29) is 12.4 Å². The van der Waals surface area contributed by atoms with Crippen molar-refractivity contribution in [3.05, 3.63) is 40.5 Å². The lowest BCUT2D eigenvalue weighted by atomic mass is 10.4. The topological polar surface area (TPSA) is 114 Å². The van der Waals surface area contributed by atoms with Crippen molar-refractivity contribution < 1.29 is 29.0 Å². The first-order chi connectivity index (χ1) is 7.99. The van der Waals surface area contributed by atoms with Crippen LogP contribution in [0.4, 0.5) is 0 Å². The summed E-state index contributed by atoms with van der Waals surface area (Å²) in [6.45, 7) is -0.335. The van der Waals surface area contributed by atoms with Crippen LogP contribution in [-0.2, 0) is 20.9 Å². The van der Waals surface area contributed by atoms with Crippen LogP contribution >= 0.6 is 0 Å². The average Bonchev–Trinajstić information content (AvgIpc) is 2.28. The van der Waals surface area contributed by atoms with Crippen LogP contribution in [0.2, 0.25) is 0 Å². The average molecular weight is 240 g/mol. The highest BCUT2D eigenvalue weighted by molar-refractivity contribution is 5.90. The minimum Gasteiger partial charge on any atom is -0.502 e. The Balaban J connectivity index is 2.56. The van der Waals surface area contributed by atoms with Crippen molar-refractivity contribution in [1.82, 2.24) is 0 Å². The van der Waals surface area contributed by atoms with E-state index in [1.54, 1.807) is 0 Å². The molecule has 0 saturated heterocycles. The second-order valence-corrected chi connectivity index (χ2v) is 2.88. The predicted octanol–water partition coefficient (Wildman–Crippen LogP) is 0.0294. The smallest absolute Gasteiger partial charge is 0.331 e. The van der Waals surface area contributed by atoms with E-state index in [0.717, 1.165) is 18.4 Å². The molecule has 0 atom stereocenters. The van der Waals surface area contributed by atoms with Crippen molar-refractivity contribution in [2.24, 2.45) is 0 Å². The maximum atomic E-state index is 11.0. The molecule has 0 unspecified atom stereocenters. The van der Waals surface area contributed by atoms with Crippen LogP contribution in [0.5, 0.6) is 5.75 Å². The van der Waals surface area contributed by atoms with Gasteiger partial charge in [0.1, 0.15) is 18.6 Å². The van der Waals surface area contributed by atoms with Gasteiger partial charge in [-0.1, -0.05) is 0 Å². The highest BCUT2D eigenvalue weighted by Gasteiger charge is 2.04. The molecule has 0 bridgehead atoms. The highest BCUT2D eigenvalue weighted by atomic mass is 16.5. The number of hydrogen-bond donors (Lipinski definition) is 2. The van der Waals surface area contributed by atoms with Gasteiger partial charge in [0.25, 0.3) is 0 Å². The van der Waals surface area contributed by atoms with E-state index in [2.05, 4.69) is 4.74 Å². The van der Waals surface area contributed by atoms with Crippen molar-refractivity contribution >= 4 is 11.9 Å². The van der Waals surface area contributed by atoms with Crippen LogP contribution in [0.15, 0.2) is 33.7 Å². The molecule has 1 heterocycles. The molecule has 0 amide bonds. The zero-order chi connectivity index (χ0) is 12.8. The fraction of sp³-hybridized carbons (Fsp3) is 0.100. The Kier molecular flexibility index (Phi) is 4.04. The van der Waals surface area contributed by atoms with E-state index >= 15 is 0 Å². The van der Waals surface area contributed by atoms with Crippen molar-refractivity contribution in [1.29, 1.82) is 0 Å². The molecule has 0 aliphatic carbocycles. The van der Waals surface area contributed by atoms with Crippen molar-refractivity contribution in [3.8, 4) is 5.75 Å². The fourth-order valence-corrected chi connectivity index (χ4v) is 0.849. The lowest BCUT2D eigenvalue weighted by molar-refractivity contribution is -0.140. The standard InChI is InChI=1S/C10H8O7/c11-7-3-6(16-5-8(7)12)4-17-10(15)2-1-9(13)14/h1-3,5,12H,4H2,(H,13,14). The molecule has 7 nitrogen and oxygen atoms in total. The summed E-state index contributed by atoms with van der Waals surface area (Å²) in [6, 6.07) is 0.962. The van der Waals surface area contributed by atoms with Gasteiger partial charge in [-0.3, -0.25) is 4.79 Å². The van der Waals surface area contributed by atoms with Crippen molar-refractivity contribution in [2.45, 2.75) is 6.61 Å². The SMILES string of the molecule is O=C(O)C=CC(=O)OCc1cc(=O)c(O)co1. The van der Waals surface area contributed by atoms with Gasteiger partial charge in [0.15, 0.2) is 5.75 Å². The molecule has 90 valence electrons. The summed E-state index contributed by atoms with van der Waals surface area (Å²) in [7, 11) is 0. The molecule has 0 aliphatic heterocycles. The van der Waals surface area contributed by atoms with Crippen LogP contribution in [0, 0.1) is 0 Å². The number of carbonyl (C=O) groups is 2. The summed E-state index contributed by atoms with van der Waals surface area (Å²) in [5.41, 5.74) is -0.664. The maximum absolute atomic E-state index is 11.0. The number of esters is 1. The molecular formula is C10H8O7. The normalized spacial score (nSPS) is 10.4. The Morgan fingerprint density at radius 1 is 1.41 bits per heavy atom. The van der Waals surface area contributed by atoms with Crippen LogP contribution in [0.25, 0.3) is 0 Å². The number of carboxylic acids is 1. The van der Waals surface area contributed by atoms with Crippen LogP contribution < -0.4 is 5.43 Å². The summed E-state index contributed by atoms with van der Waals surface area (Å²) in [5, 5.41) is 17.1. The fourth-order valence-electron chi connectivity index (χ4n) is 0.849. The van der Waals surface area contributed by atoms with Gasteiger partial charge in [-0.15, -0.1) is 0 Å². The second kappa shape index (κ2) is 5.50. The van der Waals surface area contributed by atoms with Gasteiger partial charge in [-0.05, 0) is 0 Å². The first kappa shape index (κ1) is 12.5. The summed E-state index contributed by atoms with van der Waals surface area (Å²) in [4.78, 5) is 32.0. The summed E-state index contributed by atoms with van der Waals surface area (Å²) < 4.78 is 9.32. The third-order valence-electron chi connectivity index (χ3n) is 1.59. The number of carbonyl (C=O) groups excluding carboxylic acids is 1. The molecule has 0 saturated carbocycles. The molecule has 7 heteroatoms. The number of aliphatic carboxylic acids is 1. The minimum atomic E-state index is -1.28. The molecule has 0 fully saturated rings. The van der Waals surface area contributed by atoms with Gasteiger partial charge in [0, 0.05) is 18.2 Å². The Morgan fingerprint density at radius 2 is 2.12 bits per heavy atom. The van der Waals surface area contributed by atoms with E-state index in [1.807, 2.05) is 0 Å². The van der Waals surface area contributed by atoms with E-state index in [1.165, 1.54) is 0 Å². The quantitative estimate of drug-likeness (QED) is 0.563. The first-order valence-electron chi connectivity index (χ1n) is 4.37. The second-order valence-electron chi connectivity index (χ2n) is 2.88. The van der Waals surface area contributed by atoms with Crippen molar-refractivity contribution in [2.75, 3.05) is 0 Å². The number of rotatable bonds is 4. The zero-order valence-corrected chi connectivity index (χ0v) is 8.45. The Labute approximate surface area is 94.6 Å². The summed E-state index contributed by atoms with van der Waals surface area (Å²) >= 11 is 0. The van der Waals surface area contributed by atoms with Gasteiger partial charge in [-0.25, -0.2) is 9.59 Å². The van der Waals surface area contributed by atoms with Gasteiger partial charge in [0.05, 0.1) is 0 Å². The first-order valence-corrected chi connectivity index (χ1v) is 4.37. The lowest BCUT2D eigenvalue weighted by Gasteiger charge is -2.00. The molecule has 1 aromatic heterocycles. The molecule has 0 spiro atoms. The summed E-state index contributed by atoms with van der Waals surface area (Å²) in [5.74, 6) is -2.68. The molecule has 2 N–H and O–H groups in total. The molecule has 1 rings (SSSR count). The van der Waals surface area contributed by atoms with E-state index in [4.69, 9.17) is 14.6 Å². The van der Waals surface area contributed by atoms with E-state index < -0.39 is 23.1 Å². The Bertz CT molecular complexity index is 512. The predicted molar refractivity (Wildman–Crippen MR) is 53.2 cm³/mol.